The van der Waals surface area contributed by atoms with Crippen LogP contribution < -0.4 is 15.0 Å². The fraction of sp³-hybridized carbons (Fsp3) is 0.457. The molecule has 2 aromatic heterocycles. The lowest BCUT2D eigenvalue weighted by Gasteiger charge is -2.32. The second-order valence-corrected chi connectivity index (χ2v) is 15.0. The van der Waals surface area contributed by atoms with E-state index in [9.17, 15) is 0 Å². The van der Waals surface area contributed by atoms with Gasteiger partial charge in [-0.25, -0.2) is 13.8 Å². The van der Waals surface area contributed by atoms with E-state index in [0.717, 1.165) is 75.9 Å². The van der Waals surface area contributed by atoms with Crippen LogP contribution in [0.2, 0.25) is 0 Å². The van der Waals surface area contributed by atoms with Gasteiger partial charge >= 0.3 is 6.01 Å². The van der Waals surface area contributed by atoms with Gasteiger partial charge in [0.1, 0.15) is 29.5 Å². The molecule has 5 heterocycles. The van der Waals surface area contributed by atoms with Gasteiger partial charge in [0.25, 0.3) is 0 Å². The molecule has 0 radical (unpaired) electrons. The number of ether oxygens (including phenoxy) is 1. The Morgan fingerprint density at radius 1 is 1.04 bits per heavy atom. The molecule has 3 aliphatic heterocycles. The van der Waals surface area contributed by atoms with Crippen LogP contribution in [0.15, 0.2) is 30.3 Å². The second kappa shape index (κ2) is 13.6. The smallest absolute Gasteiger partial charge is 0.319 e. The Balaban J connectivity index is 1.36. The number of fused-ring (bicyclic) bond motifs is 2. The Hall–Kier alpha value is -3.09. The standard InChI is InChI=1S/C35H39F2N6OPS/c1-3-15-38-16-20-42-19-11-27-29-32(40-34(41-33(29)42)44-22-35-13-5-17-43(35)18-6-14-35)30(37)31(39-27)25-8-4-7-23-9-10-26(36)24(28(23)25)12-21-46-45-2/h4,7-10,38,45H,3,5-6,11,13-20,22H2,1-2H3. The van der Waals surface area contributed by atoms with Crippen molar-refractivity contribution in [3.05, 3.63) is 53.2 Å². The largest absolute Gasteiger partial charge is 0.461 e. The number of nitrogens with zero attached hydrogens (tertiary/aromatic N) is 5. The number of hydrogen-bond donors (Lipinski definition) is 1. The molecule has 1 atom stereocenters. The van der Waals surface area contributed by atoms with E-state index in [1.54, 1.807) is 12.1 Å². The van der Waals surface area contributed by atoms with E-state index in [1.165, 1.54) is 17.4 Å². The number of hydrogen-bond acceptors (Lipinski definition) is 8. The Morgan fingerprint density at radius 2 is 1.89 bits per heavy atom. The number of aromatic nitrogens is 3. The van der Waals surface area contributed by atoms with Gasteiger partial charge in [-0.15, -0.1) is 0 Å². The summed E-state index contributed by atoms with van der Waals surface area (Å²) in [4.78, 5) is 19.3. The molecule has 2 aromatic carbocycles. The molecule has 3 aliphatic rings. The van der Waals surface area contributed by atoms with E-state index >= 15 is 8.78 Å². The highest BCUT2D eigenvalue weighted by Crippen LogP contribution is 2.42. The molecule has 2 fully saturated rings. The van der Waals surface area contributed by atoms with Crippen molar-refractivity contribution in [3.8, 4) is 28.4 Å². The summed E-state index contributed by atoms with van der Waals surface area (Å²) in [6.07, 6.45) is 6.18. The van der Waals surface area contributed by atoms with Crippen molar-refractivity contribution in [2.45, 2.75) is 51.0 Å². The van der Waals surface area contributed by atoms with E-state index in [0.29, 0.717) is 49.5 Å². The van der Waals surface area contributed by atoms with Gasteiger partial charge in [-0.05, 0) is 75.1 Å². The number of rotatable bonds is 10. The second-order valence-electron chi connectivity index (χ2n) is 12.3. The summed E-state index contributed by atoms with van der Waals surface area (Å²) in [5, 5.41) is 8.44. The maximum atomic E-state index is 17.0. The number of anilines is 1. The first-order valence-electron chi connectivity index (χ1n) is 16.3. The Morgan fingerprint density at radius 3 is 2.70 bits per heavy atom. The van der Waals surface area contributed by atoms with Crippen LogP contribution in [0, 0.1) is 22.8 Å². The molecule has 0 amide bonds. The normalized spacial score (nSPS) is 17.3. The minimum Gasteiger partial charge on any atom is -0.461 e. The van der Waals surface area contributed by atoms with Crippen LogP contribution in [0.5, 0.6) is 6.01 Å². The summed E-state index contributed by atoms with van der Waals surface area (Å²) in [6.45, 7) is 9.99. The molecule has 0 bridgehead atoms. The average Bonchev–Trinajstić information content (AvgIpc) is 3.66. The van der Waals surface area contributed by atoms with Gasteiger partial charge in [0.15, 0.2) is 5.82 Å². The monoisotopic (exact) mass is 660 g/mol. The van der Waals surface area contributed by atoms with Crippen LogP contribution in [0.4, 0.5) is 14.6 Å². The topological polar surface area (TPSA) is 66.4 Å². The van der Waals surface area contributed by atoms with Crippen molar-refractivity contribution in [1.29, 1.82) is 0 Å². The quantitative estimate of drug-likeness (QED) is 0.114. The Labute approximate surface area is 274 Å². The minimum absolute atomic E-state index is 0.00738. The van der Waals surface area contributed by atoms with Crippen molar-refractivity contribution in [2.75, 3.05) is 57.4 Å². The summed E-state index contributed by atoms with van der Waals surface area (Å²) in [5.41, 5.74) is 1.85. The molecule has 0 aliphatic carbocycles. The Bertz CT molecular complexity index is 1840. The minimum atomic E-state index is -0.556. The molecule has 1 unspecified atom stereocenters. The van der Waals surface area contributed by atoms with E-state index in [-0.39, 0.29) is 28.3 Å². The van der Waals surface area contributed by atoms with Gasteiger partial charge in [-0.1, -0.05) is 56.3 Å². The van der Waals surface area contributed by atoms with Gasteiger partial charge in [-0.2, -0.15) is 9.97 Å². The molecule has 240 valence electrons. The molecule has 7 rings (SSSR count). The van der Waals surface area contributed by atoms with Gasteiger partial charge in [0.2, 0.25) is 0 Å². The van der Waals surface area contributed by atoms with Crippen LogP contribution in [0.25, 0.3) is 32.9 Å². The lowest BCUT2D eigenvalue weighted by Crippen LogP contribution is -2.43. The molecule has 11 heteroatoms. The first-order valence-corrected chi connectivity index (χ1v) is 19.4. The molecule has 0 saturated carbocycles. The number of benzene rings is 2. The maximum absolute atomic E-state index is 17.0. The highest BCUT2D eigenvalue weighted by Gasteiger charge is 2.45. The lowest BCUT2D eigenvalue weighted by molar-refractivity contribution is 0.108. The average molecular weight is 661 g/mol. The van der Waals surface area contributed by atoms with Gasteiger partial charge in [-0.3, -0.25) is 4.90 Å². The van der Waals surface area contributed by atoms with Crippen molar-refractivity contribution in [2.24, 2.45) is 0 Å². The summed E-state index contributed by atoms with van der Waals surface area (Å²) in [7, 11) is 0.552. The third-order valence-electron chi connectivity index (χ3n) is 9.58. The van der Waals surface area contributed by atoms with Crippen molar-refractivity contribution in [3.63, 3.8) is 0 Å². The van der Waals surface area contributed by atoms with Gasteiger partial charge < -0.3 is 15.0 Å². The summed E-state index contributed by atoms with van der Waals surface area (Å²) >= 11 is 1.44. The zero-order chi connectivity index (χ0) is 31.7. The first kappa shape index (κ1) is 31.5. The van der Waals surface area contributed by atoms with Crippen LogP contribution >= 0.6 is 19.2 Å². The molecule has 1 N–H and O–H groups in total. The molecule has 0 spiro atoms. The van der Waals surface area contributed by atoms with E-state index in [2.05, 4.69) is 33.2 Å². The fourth-order valence-electron chi connectivity index (χ4n) is 7.40. The van der Waals surface area contributed by atoms with Gasteiger partial charge in [0.05, 0.1) is 22.2 Å². The first-order chi connectivity index (χ1) is 22.5. The van der Waals surface area contributed by atoms with Crippen molar-refractivity contribution < 1.29 is 13.5 Å². The fourth-order valence-corrected chi connectivity index (χ4v) is 8.11. The number of nitrogens with one attached hydrogen (secondary N) is 1. The molecular formula is C35H39F2N6OPS. The number of pyridine rings is 1. The van der Waals surface area contributed by atoms with E-state index < -0.39 is 11.6 Å². The highest BCUT2D eigenvalue weighted by atomic mass is 32.7. The van der Waals surface area contributed by atoms with Crippen LogP contribution in [0.3, 0.4) is 0 Å². The predicted octanol–water partition coefficient (Wildman–Crippen LogP) is 6.76. The van der Waals surface area contributed by atoms with E-state index in [4.69, 9.17) is 19.7 Å². The summed E-state index contributed by atoms with van der Waals surface area (Å²) in [5.74, 6) is 2.68. The van der Waals surface area contributed by atoms with Crippen LogP contribution in [0.1, 0.15) is 50.3 Å². The van der Waals surface area contributed by atoms with Crippen LogP contribution in [-0.4, -0.2) is 77.9 Å². The molecule has 7 nitrogen and oxygen atoms in total. The SMILES string of the molecule is CCCNCCN1CCc2nc(-c3cccc4ccc(F)c(C#CSPC)c34)c(F)c3nc(OCC45CCCN4CCC5)nc1c23. The third kappa shape index (κ3) is 5.81. The molecular weight excluding hydrogens is 621 g/mol. The summed E-state index contributed by atoms with van der Waals surface area (Å²) < 4.78 is 38.7. The van der Waals surface area contributed by atoms with Crippen molar-refractivity contribution in [1.82, 2.24) is 25.2 Å². The zero-order valence-corrected chi connectivity index (χ0v) is 28.2. The highest BCUT2D eigenvalue weighted by molar-refractivity contribution is 8.52. The maximum Gasteiger partial charge on any atom is 0.319 e. The molecule has 46 heavy (non-hydrogen) atoms. The number of halogens is 2. The molecule has 4 aromatic rings. The third-order valence-corrected chi connectivity index (χ3v) is 10.9. The van der Waals surface area contributed by atoms with E-state index in [1.807, 2.05) is 18.8 Å². The molecule has 2 saturated heterocycles. The summed E-state index contributed by atoms with van der Waals surface area (Å²) in [6, 6.07) is 8.87. The Kier molecular flexibility index (Phi) is 9.29. The van der Waals surface area contributed by atoms with Gasteiger partial charge in [0, 0.05) is 37.0 Å². The lowest BCUT2D eigenvalue weighted by atomic mass is 9.95. The van der Waals surface area contributed by atoms with Crippen molar-refractivity contribution >= 4 is 46.7 Å². The zero-order valence-electron chi connectivity index (χ0n) is 26.4. The predicted molar refractivity (Wildman–Crippen MR) is 186 cm³/mol. The van der Waals surface area contributed by atoms with Crippen LogP contribution in [-0.2, 0) is 6.42 Å².